The van der Waals surface area contributed by atoms with Crippen molar-refractivity contribution in [2.45, 2.75) is 36.5 Å². The van der Waals surface area contributed by atoms with Crippen molar-refractivity contribution in [2.24, 2.45) is 19.5 Å². The van der Waals surface area contributed by atoms with Crippen molar-refractivity contribution >= 4 is 11.8 Å². The third-order valence-electron chi connectivity index (χ3n) is 7.15. The lowest BCUT2D eigenvalue weighted by Crippen LogP contribution is -2.23. The van der Waals surface area contributed by atoms with Gasteiger partial charge in [-0.1, -0.05) is 23.9 Å². The summed E-state index contributed by atoms with van der Waals surface area (Å²) in [6, 6.07) is 9.83. The Labute approximate surface area is 196 Å². The van der Waals surface area contributed by atoms with E-state index in [2.05, 4.69) is 15.1 Å². The molecule has 1 aromatic carbocycles. The molecule has 2 fully saturated rings. The van der Waals surface area contributed by atoms with E-state index in [0.717, 1.165) is 66.9 Å². The van der Waals surface area contributed by atoms with Crippen LogP contribution in [-0.2, 0) is 20.3 Å². The summed E-state index contributed by atoms with van der Waals surface area (Å²) in [5.41, 5.74) is 1.80. The summed E-state index contributed by atoms with van der Waals surface area (Å²) in [4.78, 5) is 2.51. The predicted octanol–water partition coefficient (Wildman–Crippen LogP) is 5.20. The van der Waals surface area contributed by atoms with E-state index in [4.69, 9.17) is 0 Å². The number of nitrogens with zero attached hydrogens (tertiary/aromatic N) is 5. The van der Waals surface area contributed by atoms with Crippen molar-refractivity contribution in [3.63, 3.8) is 0 Å². The maximum atomic E-state index is 12.8. The van der Waals surface area contributed by atoms with Gasteiger partial charge in [0.05, 0.1) is 11.3 Å². The number of hydrogen-bond donors (Lipinski definition) is 0. The third kappa shape index (κ3) is 4.45. The second-order valence-corrected chi connectivity index (χ2v) is 10.4. The second-order valence-electron chi connectivity index (χ2n) is 9.34. The van der Waals surface area contributed by atoms with Gasteiger partial charge in [-0.3, -0.25) is 0 Å². The molecular formula is C24H28F3N5S. The van der Waals surface area contributed by atoms with Gasteiger partial charge in [0.15, 0.2) is 11.0 Å². The Hall–Kier alpha value is -2.26. The van der Waals surface area contributed by atoms with E-state index in [1.165, 1.54) is 12.1 Å². The highest BCUT2D eigenvalue weighted by Gasteiger charge is 2.57. The highest BCUT2D eigenvalue weighted by Crippen LogP contribution is 2.64. The summed E-state index contributed by atoms with van der Waals surface area (Å²) < 4.78 is 42.6. The second kappa shape index (κ2) is 8.51. The molecule has 1 saturated carbocycles. The number of rotatable bonds is 7. The molecule has 0 amide bonds. The first-order valence-electron chi connectivity index (χ1n) is 11.3. The number of hydrogen-bond acceptors (Lipinski definition) is 4. The molecule has 1 unspecified atom stereocenters. The fraction of sp³-hybridized carbons (Fsp3) is 0.500. The molecule has 2 aromatic heterocycles. The molecule has 0 radical (unpaired) electrons. The van der Waals surface area contributed by atoms with Gasteiger partial charge in [0.2, 0.25) is 0 Å². The number of benzene rings is 1. The molecule has 5 rings (SSSR count). The number of aryl methyl sites for hydroxylation is 1. The molecule has 2 atom stereocenters. The van der Waals surface area contributed by atoms with Crippen LogP contribution in [0.3, 0.4) is 0 Å². The molecule has 1 aliphatic carbocycles. The summed E-state index contributed by atoms with van der Waals surface area (Å²) in [7, 11) is 4.00. The number of aromatic nitrogens is 4. The van der Waals surface area contributed by atoms with E-state index in [0.29, 0.717) is 5.92 Å². The quantitative estimate of drug-likeness (QED) is 0.348. The van der Waals surface area contributed by atoms with Crippen LogP contribution < -0.4 is 0 Å². The van der Waals surface area contributed by atoms with Crippen LogP contribution >= 0.6 is 11.8 Å². The van der Waals surface area contributed by atoms with Crippen LogP contribution in [0.15, 0.2) is 47.8 Å². The van der Waals surface area contributed by atoms with Crippen LogP contribution in [0, 0.1) is 5.41 Å². The van der Waals surface area contributed by atoms with E-state index < -0.39 is 11.7 Å². The summed E-state index contributed by atoms with van der Waals surface area (Å²) in [6.07, 6.45) is 1.02. The fourth-order valence-corrected chi connectivity index (χ4v) is 5.99. The van der Waals surface area contributed by atoms with E-state index in [1.807, 2.05) is 41.6 Å². The molecule has 0 N–H and O–H groups in total. The molecule has 3 heterocycles. The topological polar surface area (TPSA) is 38.9 Å². The minimum absolute atomic E-state index is 0.264. The van der Waals surface area contributed by atoms with Crippen molar-refractivity contribution in [3.05, 3.63) is 53.7 Å². The molecule has 176 valence electrons. The first-order valence-corrected chi connectivity index (χ1v) is 12.3. The van der Waals surface area contributed by atoms with Gasteiger partial charge < -0.3 is 14.0 Å². The van der Waals surface area contributed by atoms with Gasteiger partial charge in [0, 0.05) is 32.6 Å². The number of halogens is 3. The normalized spacial score (nSPS) is 23.0. The van der Waals surface area contributed by atoms with E-state index in [-0.39, 0.29) is 5.41 Å². The van der Waals surface area contributed by atoms with Gasteiger partial charge in [0.1, 0.15) is 0 Å². The Balaban J connectivity index is 1.09. The molecule has 5 nitrogen and oxygen atoms in total. The predicted molar refractivity (Wildman–Crippen MR) is 123 cm³/mol. The van der Waals surface area contributed by atoms with Crippen LogP contribution in [0.2, 0.25) is 0 Å². The van der Waals surface area contributed by atoms with Gasteiger partial charge in [0.25, 0.3) is 0 Å². The lowest BCUT2D eigenvalue weighted by molar-refractivity contribution is -0.137. The first kappa shape index (κ1) is 22.5. The van der Waals surface area contributed by atoms with Gasteiger partial charge >= 0.3 is 6.18 Å². The molecule has 1 saturated heterocycles. The number of thioether (sulfide) groups is 1. The summed E-state index contributed by atoms with van der Waals surface area (Å²) in [6.45, 7) is 3.16. The minimum atomic E-state index is -4.27. The van der Waals surface area contributed by atoms with Crippen LogP contribution in [0.4, 0.5) is 13.2 Å². The molecule has 33 heavy (non-hydrogen) atoms. The number of likely N-dealkylation sites (tertiary alicyclic amines) is 1. The van der Waals surface area contributed by atoms with Crippen LogP contribution in [-0.4, -0.2) is 49.6 Å². The third-order valence-corrected chi connectivity index (χ3v) is 8.26. The zero-order chi connectivity index (χ0) is 23.2. The van der Waals surface area contributed by atoms with Crippen molar-refractivity contribution in [3.8, 4) is 11.5 Å². The molecule has 1 spiro atoms. The zero-order valence-electron chi connectivity index (χ0n) is 18.8. The van der Waals surface area contributed by atoms with Gasteiger partial charge in [-0.25, -0.2) is 0 Å². The molecule has 0 bridgehead atoms. The average Bonchev–Trinajstić information content (AvgIpc) is 3.05. The van der Waals surface area contributed by atoms with Crippen molar-refractivity contribution < 1.29 is 13.2 Å². The molecular weight excluding hydrogens is 447 g/mol. The Morgan fingerprint density at radius 2 is 1.91 bits per heavy atom. The minimum Gasteiger partial charge on any atom is -0.348 e. The number of alkyl halides is 3. The molecule has 3 aromatic rings. The van der Waals surface area contributed by atoms with E-state index in [9.17, 15) is 13.2 Å². The Morgan fingerprint density at radius 1 is 1.12 bits per heavy atom. The van der Waals surface area contributed by atoms with Crippen molar-refractivity contribution in [1.29, 1.82) is 0 Å². The lowest BCUT2D eigenvalue weighted by Gasteiger charge is -2.16. The Kier molecular flexibility index (Phi) is 5.81. The monoisotopic (exact) mass is 475 g/mol. The molecule has 1 aliphatic heterocycles. The van der Waals surface area contributed by atoms with Crippen molar-refractivity contribution in [2.75, 3.05) is 25.4 Å². The highest BCUT2D eigenvalue weighted by molar-refractivity contribution is 7.99. The largest absolute Gasteiger partial charge is 0.416 e. The van der Waals surface area contributed by atoms with Crippen molar-refractivity contribution in [1.82, 2.24) is 24.2 Å². The van der Waals surface area contributed by atoms with E-state index >= 15 is 0 Å². The summed E-state index contributed by atoms with van der Waals surface area (Å²) in [5, 5.41) is 9.64. The first-order chi connectivity index (χ1) is 15.8. The fourth-order valence-electron chi connectivity index (χ4n) is 5.16. The van der Waals surface area contributed by atoms with Crippen LogP contribution in [0.25, 0.3) is 11.5 Å². The lowest BCUT2D eigenvalue weighted by atomic mass is 9.97. The van der Waals surface area contributed by atoms with Crippen LogP contribution in [0.5, 0.6) is 0 Å². The highest BCUT2D eigenvalue weighted by atomic mass is 32.2. The van der Waals surface area contributed by atoms with Gasteiger partial charge in [-0.05, 0) is 73.5 Å². The summed E-state index contributed by atoms with van der Waals surface area (Å²) >= 11 is 1.73. The Bertz CT molecular complexity index is 1120. The van der Waals surface area contributed by atoms with E-state index in [1.54, 1.807) is 23.9 Å². The Morgan fingerprint density at radius 3 is 2.61 bits per heavy atom. The average molecular weight is 476 g/mol. The smallest absolute Gasteiger partial charge is 0.348 e. The SMILES string of the molecule is Cn1cccc1-c1nnc(SCCCN2CC[C@]3(CC3c3ccc(C(F)(F)F)cc3)C2)n1C. The summed E-state index contributed by atoms with van der Waals surface area (Å²) in [5.74, 6) is 2.24. The maximum Gasteiger partial charge on any atom is 0.416 e. The standard InChI is InChI=1S/C24H28F3N5S/c1-30-11-3-5-20(30)21-28-29-22(31(21)2)33-14-4-12-32-13-10-23(16-32)15-19(23)17-6-8-18(9-7-17)24(25,26)27/h3,5-9,11,19H,4,10,12-16H2,1-2H3/t19?,23-/m0/s1. The van der Waals surface area contributed by atoms with Crippen LogP contribution in [0.1, 0.15) is 36.3 Å². The maximum absolute atomic E-state index is 12.8. The zero-order valence-corrected chi connectivity index (χ0v) is 19.7. The van der Waals surface area contributed by atoms with Gasteiger partial charge in [-0.15, -0.1) is 10.2 Å². The molecule has 9 heteroatoms. The molecule has 2 aliphatic rings. The van der Waals surface area contributed by atoms with Gasteiger partial charge in [-0.2, -0.15) is 13.2 Å².